The lowest BCUT2D eigenvalue weighted by molar-refractivity contribution is 0.0996. The van der Waals surface area contributed by atoms with Gasteiger partial charge >= 0.3 is 0 Å². The third kappa shape index (κ3) is 4.90. The van der Waals surface area contributed by atoms with Crippen LogP contribution in [0.1, 0.15) is 48.7 Å². The first-order chi connectivity index (χ1) is 13.1. The number of carbonyl (C=O) groups excluding carboxylic acids is 1. The van der Waals surface area contributed by atoms with Crippen molar-refractivity contribution in [1.29, 1.82) is 0 Å². The standard InChI is InChI=1S/C21H28N4O2/c1-3-21(10-6-11-21)15-24-20(22-2)23-14-16-7-4-8-17(13-16)25-19(26)18-9-5-12-27-18/h4-5,7-9,12-13H,3,6,10-11,14-15H2,1-2H3,(H,25,26)(H2,22,23,24). The molecule has 6 nitrogen and oxygen atoms in total. The molecule has 0 radical (unpaired) electrons. The molecule has 1 heterocycles. The minimum absolute atomic E-state index is 0.257. The van der Waals surface area contributed by atoms with Crippen LogP contribution < -0.4 is 16.0 Å². The van der Waals surface area contributed by atoms with Crippen LogP contribution in [0.25, 0.3) is 0 Å². The molecule has 1 aromatic heterocycles. The summed E-state index contributed by atoms with van der Waals surface area (Å²) >= 11 is 0. The highest BCUT2D eigenvalue weighted by Crippen LogP contribution is 2.42. The molecule has 3 rings (SSSR count). The Morgan fingerprint density at radius 3 is 2.70 bits per heavy atom. The summed E-state index contributed by atoms with van der Waals surface area (Å²) in [6.45, 7) is 3.85. The summed E-state index contributed by atoms with van der Waals surface area (Å²) in [5.41, 5.74) is 2.23. The van der Waals surface area contributed by atoms with Gasteiger partial charge < -0.3 is 20.4 Å². The first kappa shape index (κ1) is 19.0. The van der Waals surface area contributed by atoms with E-state index in [4.69, 9.17) is 4.42 Å². The Kier molecular flexibility index (Phi) is 6.16. The van der Waals surface area contributed by atoms with Gasteiger partial charge in [-0.25, -0.2) is 0 Å². The van der Waals surface area contributed by atoms with Crippen LogP contribution in [0.4, 0.5) is 5.69 Å². The number of hydrogen-bond donors (Lipinski definition) is 3. The summed E-state index contributed by atoms with van der Waals surface area (Å²) in [5, 5.41) is 9.65. The third-order valence-electron chi connectivity index (χ3n) is 5.41. The lowest BCUT2D eigenvalue weighted by Crippen LogP contribution is -2.46. The number of nitrogens with zero attached hydrogens (tertiary/aromatic N) is 1. The van der Waals surface area contributed by atoms with Gasteiger partial charge in [-0.15, -0.1) is 0 Å². The molecule has 0 aliphatic heterocycles. The Morgan fingerprint density at radius 2 is 2.07 bits per heavy atom. The molecule has 0 saturated heterocycles. The van der Waals surface area contributed by atoms with Crippen molar-refractivity contribution in [3.05, 3.63) is 54.0 Å². The molecule has 3 N–H and O–H groups in total. The number of furan rings is 1. The van der Waals surface area contributed by atoms with Gasteiger partial charge in [0.1, 0.15) is 0 Å². The van der Waals surface area contributed by atoms with Gasteiger partial charge in [0.05, 0.1) is 6.26 Å². The number of amides is 1. The van der Waals surface area contributed by atoms with Gasteiger partial charge in [0.25, 0.3) is 5.91 Å². The molecule has 1 aliphatic carbocycles. The van der Waals surface area contributed by atoms with Crippen LogP contribution >= 0.6 is 0 Å². The molecule has 0 atom stereocenters. The molecule has 1 fully saturated rings. The van der Waals surface area contributed by atoms with E-state index in [-0.39, 0.29) is 5.91 Å². The Bertz CT molecular complexity index is 774. The van der Waals surface area contributed by atoms with Crippen molar-refractivity contribution < 1.29 is 9.21 Å². The minimum Gasteiger partial charge on any atom is -0.459 e. The topological polar surface area (TPSA) is 78.7 Å². The lowest BCUT2D eigenvalue weighted by atomic mass is 9.67. The normalized spacial score (nSPS) is 15.7. The zero-order chi connectivity index (χ0) is 19.1. The van der Waals surface area contributed by atoms with E-state index in [2.05, 4.69) is 27.9 Å². The van der Waals surface area contributed by atoms with E-state index in [1.807, 2.05) is 24.3 Å². The highest BCUT2D eigenvalue weighted by Gasteiger charge is 2.34. The van der Waals surface area contributed by atoms with E-state index in [0.29, 0.717) is 17.7 Å². The SMILES string of the molecule is CCC1(CNC(=NC)NCc2cccc(NC(=O)c3ccco3)c2)CCC1. The van der Waals surface area contributed by atoms with E-state index < -0.39 is 0 Å². The highest BCUT2D eigenvalue weighted by molar-refractivity contribution is 6.02. The molecule has 0 bridgehead atoms. The summed E-state index contributed by atoms with van der Waals surface area (Å²) in [6.07, 6.45) is 6.61. The summed E-state index contributed by atoms with van der Waals surface area (Å²) < 4.78 is 5.12. The predicted octanol–water partition coefficient (Wildman–Crippen LogP) is 3.78. The van der Waals surface area contributed by atoms with E-state index in [1.165, 1.54) is 31.9 Å². The summed E-state index contributed by atoms with van der Waals surface area (Å²) in [4.78, 5) is 16.4. The van der Waals surface area contributed by atoms with Crippen LogP contribution in [0, 0.1) is 5.41 Å². The Balaban J connectivity index is 1.52. The van der Waals surface area contributed by atoms with Crippen molar-refractivity contribution in [2.45, 2.75) is 39.2 Å². The van der Waals surface area contributed by atoms with Crippen molar-refractivity contribution in [3.63, 3.8) is 0 Å². The number of guanidine groups is 1. The average molecular weight is 368 g/mol. The second-order valence-corrected chi connectivity index (χ2v) is 7.12. The maximum absolute atomic E-state index is 12.1. The first-order valence-corrected chi connectivity index (χ1v) is 9.52. The zero-order valence-corrected chi connectivity index (χ0v) is 16.0. The van der Waals surface area contributed by atoms with Gasteiger partial charge in [0.15, 0.2) is 11.7 Å². The average Bonchev–Trinajstić information content (AvgIpc) is 3.19. The highest BCUT2D eigenvalue weighted by atomic mass is 16.3. The van der Waals surface area contributed by atoms with E-state index in [0.717, 1.165) is 23.8 Å². The molecular formula is C21H28N4O2. The molecule has 144 valence electrons. The first-order valence-electron chi connectivity index (χ1n) is 9.52. The second kappa shape index (κ2) is 8.75. The number of aliphatic imine (C=N–C) groups is 1. The number of benzene rings is 1. The van der Waals surface area contributed by atoms with E-state index in [1.54, 1.807) is 19.2 Å². The predicted molar refractivity (Wildman–Crippen MR) is 108 cm³/mol. The van der Waals surface area contributed by atoms with Crippen molar-refractivity contribution in [1.82, 2.24) is 10.6 Å². The smallest absolute Gasteiger partial charge is 0.291 e. The molecule has 2 aromatic rings. The van der Waals surface area contributed by atoms with Crippen molar-refractivity contribution >= 4 is 17.6 Å². The number of anilines is 1. The minimum atomic E-state index is -0.257. The van der Waals surface area contributed by atoms with Crippen molar-refractivity contribution in [2.75, 3.05) is 18.9 Å². The Morgan fingerprint density at radius 1 is 1.22 bits per heavy atom. The van der Waals surface area contributed by atoms with Crippen LogP contribution in [-0.4, -0.2) is 25.5 Å². The molecule has 1 aliphatic rings. The second-order valence-electron chi connectivity index (χ2n) is 7.12. The fourth-order valence-corrected chi connectivity index (χ4v) is 3.37. The maximum Gasteiger partial charge on any atom is 0.291 e. The van der Waals surface area contributed by atoms with Gasteiger partial charge in [-0.3, -0.25) is 9.79 Å². The summed E-state index contributed by atoms with van der Waals surface area (Å²) in [6, 6.07) is 11.1. The molecule has 6 heteroatoms. The third-order valence-corrected chi connectivity index (χ3v) is 5.41. The number of nitrogens with one attached hydrogen (secondary N) is 3. The van der Waals surface area contributed by atoms with Crippen LogP contribution in [-0.2, 0) is 6.54 Å². The Hall–Kier alpha value is -2.76. The zero-order valence-electron chi connectivity index (χ0n) is 16.0. The van der Waals surface area contributed by atoms with Gasteiger partial charge in [-0.1, -0.05) is 25.5 Å². The molecule has 1 saturated carbocycles. The Labute approximate surface area is 160 Å². The fourth-order valence-electron chi connectivity index (χ4n) is 3.37. The number of carbonyl (C=O) groups is 1. The molecule has 0 unspecified atom stereocenters. The number of hydrogen-bond acceptors (Lipinski definition) is 3. The van der Waals surface area contributed by atoms with Crippen LogP contribution in [0.5, 0.6) is 0 Å². The molecule has 27 heavy (non-hydrogen) atoms. The quantitative estimate of drug-likeness (QED) is 0.513. The van der Waals surface area contributed by atoms with E-state index >= 15 is 0 Å². The van der Waals surface area contributed by atoms with Crippen LogP contribution in [0.15, 0.2) is 52.1 Å². The molecule has 0 spiro atoms. The number of rotatable bonds is 7. The molecule has 1 aromatic carbocycles. The lowest BCUT2D eigenvalue weighted by Gasteiger charge is -2.41. The van der Waals surface area contributed by atoms with Gasteiger partial charge in [-0.05, 0) is 54.5 Å². The van der Waals surface area contributed by atoms with E-state index in [9.17, 15) is 4.79 Å². The van der Waals surface area contributed by atoms with Gasteiger partial charge in [-0.2, -0.15) is 0 Å². The largest absolute Gasteiger partial charge is 0.459 e. The summed E-state index contributed by atoms with van der Waals surface area (Å²) in [7, 11) is 1.79. The summed E-state index contributed by atoms with van der Waals surface area (Å²) in [5.74, 6) is 0.844. The molecule has 1 amide bonds. The fraction of sp³-hybridized carbons (Fsp3) is 0.429. The van der Waals surface area contributed by atoms with Crippen LogP contribution in [0.3, 0.4) is 0 Å². The van der Waals surface area contributed by atoms with Crippen molar-refractivity contribution in [2.24, 2.45) is 10.4 Å². The van der Waals surface area contributed by atoms with Gasteiger partial charge in [0, 0.05) is 25.8 Å². The maximum atomic E-state index is 12.1. The van der Waals surface area contributed by atoms with Crippen LogP contribution in [0.2, 0.25) is 0 Å². The van der Waals surface area contributed by atoms with Gasteiger partial charge in [0.2, 0.25) is 0 Å². The molecular weight excluding hydrogens is 340 g/mol. The monoisotopic (exact) mass is 368 g/mol. The van der Waals surface area contributed by atoms with Crippen molar-refractivity contribution in [3.8, 4) is 0 Å².